The van der Waals surface area contributed by atoms with Gasteiger partial charge in [0.25, 0.3) is 11.8 Å². The summed E-state index contributed by atoms with van der Waals surface area (Å²) < 4.78 is 5.79. The smallest absolute Gasteiger partial charge is 0.261 e. The molecule has 2 amide bonds. The molecule has 1 heterocycles. The lowest BCUT2D eigenvalue weighted by Gasteiger charge is -2.14. The normalized spacial score (nSPS) is 12.8. The summed E-state index contributed by atoms with van der Waals surface area (Å²) in [4.78, 5) is 26.7. The van der Waals surface area contributed by atoms with Crippen molar-refractivity contribution in [2.75, 3.05) is 0 Å². The van der Waals surface area contributed by atoms with Gasteiger partial charge in [-0.15, -0.1) is 0 Å². The number of rotatable bonds is 6. The van der Waals surface area contributed by atoms with Crippen LogP contribution in [0.25, 0.3) is 5.57 Å². The van der Waals surface area contributed by atoms with Gasteiger partial charge in [-0.05, 0) is 47.9 Å². The van der Waals surface area contributed by atoms with Gasteiger partial charge in [0.05, 0.1) is 17.7 Å². The summed E-state index contributed by atoms with van der Waals surface area (Å²) >= 11 is 0. The fourth-order valence-corrected chi connectivity index (χ4v) is 3.31. The minimum atomic E-state index is -0.266. The van der Waals surface area contributed by atoms with E-state index in [1.165, 1.54) is 4.90 Å². The van der Waals surface area contributed by atoms with Crippen molar-refractivity contribution in [3.05, 3.63) is 107 Å². The Morgan fingerprint density at radius 3 is 2.24 bits per heavy atom. The highest BCUT2D eigenvalue weighted by Gasteiger charge is 2.35. The van der Waals surface area contributed by atoms with E-state index in [4.69, 9.17) is 4.74 Å². The zero-order valence-electron chi connectivity index (χ0n) is 16.2. The number of allylic oxidation sites excluding steroid dienone is 1. The van der Waals surface area contributed by atoms with Gasteiger partial charge < -0.3 is 4.74 Å². The average molecular weight is 383 g/mol. The first-order valence-corrected chi connectivity index (χ1v) is 9.45. The summed E-state index contributed by atoms with van der Waals surface area (Å²) in [6.07, 6.45) is 0. The SMILES string of the molecule is C=C(C)c1ccc2c(c1)C(=O)N(Cc1ccc(OCc3ccccc3)cc1)C2=O. The van der Waals surface area contributed by atoms with Gasteiger partial charge in [-0.1, -0.05) is 60.7 Å². The standard InChI is InChI=1S/C25H21NO3/c1-17(2)20-10-13-22-23(14-20)25(28)26(24(22)27)15-18-8-11-21(12-9-18)29-16-19-6-4-3-5-7-19/h3-14H,1,15-16H2,2H3. The summed E-state index contributed by atoms with van der Waals surface area (Å²) in [6.45, 7) is 6.50. The monoisotopic (exact) mass is 383 g/mol. The third-order valence-corrected chi connectivity index (χ3v) is 4.98. The molecule has 29 heavy (non-hydrogen) atoms. The van der Waals surface area contributed by atoms with Gasteiger partial charge in [-0.25, -0.2) is 0 Å². The number of hydrogen-bond acceptors (Lipinski definition) is 3. The molecule has 0 aliphatic carbocycles. The molecule has 3 aromatic carbocycles. The fourth-order valence-electron chi connectivity index (χ4n) is 3.31. The maximum atomic E-state index is 12.8. The molecule has 0 aromatic heterocycles. The molecule has 0 N–H and O–H groups in total. The first-order valence-electron chi connectivity index (χ1n) is 9.45. The van der Waals surface area contributed by atoms with E-state index in [2.05, 4.69) is 6.58 Å². The molecule has 1 aliphatic heterocycles. The van der Waals surface area contributed by atoms with Crippen molar-refractivity contribution in [3.8, 4) is 5.75 Å². The van der Waals surface area contributed by atoms with Crippen LogP contribution >= 0.6 is 0 Å². The van der Waals surface area contributed by atoms with Gasteiger partial charge in [0.1, 0.15) is 12.4 Å². The summed E-state index contributed by atoms with van der Waals surface area (Å²) in [6, 6.07) is 22.7. The number of carbonyl (C=O) groups is 2. The molecule has 0 fully saturated rings. The Kier molecular flexibility index (Phi) is 5.00. The molecule has 144 valence electrons. The van der Waals surface area contributed by atoms with E-state index in [9.17, 15) is 9.59 Å². The van der Waals surface area contributed by atoms with Crippen LogP contribution in [-0.2, 0) is 13.2 Å². The van der Waals surface area contributed by atoms with Crippen molar-refractivity contribution in [2.45, 2.75) is 20.1 Å². The maximum Gasteiger partial charge on any atom is 0.261 e. The number of carbonyl (C=O) groups excluding carboxylic acids is 2. The van der Waals surface area contributed by atoms with Gasteiger partial charge >= 0.3 is 0 Å². The van der Waals surface area contributed by atoms with E-state index in [-0.39, 0.29) is 18.4 Å². The third kappa shape index (κ3) is 3.83. The van der Waals surface area contributed by atoms with Crippen molar-refractivity contribution in [1.82, 2.24) is 4.90 Å². The minimum absolute atomic E-state index is 0.230. The van der Waals surface area contributed by atoms with Crippen LogP contribution in [0.3, 0.4) is 0 Å². The minimum Gasteiger partial charge on any atom is -0.489 e. The number of fused-ring (bicyclic) bond motifs is 1. The Bertz CT molecular complexity index is 1080. The zero-order chi connectivity index (χ0) is 20.4. The van der Waals surface area contributed by atoms with Crippen LogP contribution in [0.5, 0.6) is 5.75 Å². The van der Waals surface area contributed by atoms with Crippen LogP contribution in [-0.4, -0.2) is 16.7 Å². The van der Waals surface area contributed by atoms with Gasteiger partial charge in [-0.2, -0.15) is 0 Å². The molecule has 0 saturated heterocycles. The van der Waals surface area contributed by atoms with E-state index >= 15 is 0 Å². The van der Waals surface area contributed by atoms with E-state index in [0.29, 0.717) is 17.7 Å². The van der Waals surface area contributed by atoms with Crippen molar-refractivity contribution in [2.24, 2.45) is 0 Å². The fraction of sp³-hybridized carbons (Fsp3) is 0.120. The molecule has 3 aromatic rings. The molecule has 4 rings (SSSR count). The van der Waals surface area contributed by atoms with E-state index in [1.54, 1.807) is 12.1 Å². The Morgan fingerprint density at radius 1 is 0.862 bits per heavy atom. The Labute approximate surface area is 170 Å². The molecule has 0 spiro atoms. The van der Waals surface area contributed by atoms with E-state index < -0.39 is 0 Å². The molecule has 0 bridgehead atoms. The molecule has 0 unspecified atom stereocenters. The number of hydrogen-bond donors (Lipinski definition) is 0. The number of ether oxygens (including phenoxy) is 1. The lowest BCUT2D eigenvalue weighted by atomic mass is 10.0. The number of benzene rings is 3. The van der Waals surface area contributed by atoms with Gasteiger partial charge in [-0.3, -0.25) is 14.5 Å². The maximum absolute atomic E-state index is 12.8. The summed E-state index contributed by atoms with van der Waals surface area (Å²) in [5.41, 5.74) is 4.58. The van der Waals surface area contributed by atoms with Crippen LogP contribution in [0.4, 0.5) is 0 Å². The molecular weight excluding hydrogens is 362 g/mol. The van der Waals surface area contributed by atoms with Gasteiger partial charge in [0.2, 0.25) is 0 Å². The average Bonchev–Trinajstić information content (AvgIpc) is 2.98. The number of imide groups is 1. The molecule has 1 aliphatic rings. The van der Waals surface area contributed by atoms with Crippen LogP contribution in [0.1, 0.15) is 44.3 Å². The van der Waals surface area contributed by atoms with Crippen molar-refractivity contribution >= 4 is 17.4 Å². The first kappa shape index (κ1) is 18.7. The Hall–Kier alpha value is -3.66. The molecule has 4 nitrogen and oxygen atoms in total. The van der Waals surface area contributed by atoms with Crippen LogP contribution in [0, 0.1) is 0 Å². The van der Waals surface area contributed by atoms with Crippen molar-refractivity contribution in [3.63, 3.8) is 0 Å². The second-order valence-corrected chi connectivity index (χ2v) is 7.16. The summed E-state index contributed by atoms with van der Waals surface area (Å²) in [5.74, 6) is 0.214. The lowest BCUT2D eigenvalue weighted by Crippen LogP contribution is -2.29. The van der Waals surface area contributed by atoms with Crippen LogP contribution < -0.4 is 4.74 Å². The zero-order valence-corrected chi connectivity index (χ0v) is 16.2. The second-order valence-electron chi connectivity index (χ2n) is 7.16. The van der Waals surface area contributed by atoms with Gasteiger partial charge in [0, 0.05) is 0 Å². The first-order chi connectivity index (χ1) is 14.0. The highest BCUT2D eigenvalue weighted by atomic mass is 16.5. The largest absolute Gasteiger partial charge is 0.489 e. The Morgan fingerprint density at radius 2 is 1.55 bits per heavy atom. The highest BCUT2D eigenvalue weighted by molar-refractivity contribution is 6.21. The van der Waals surface area contributed by atoms with Crippen molar-refractivity contribution < 1.29 is 14.3 Å². The van der Waals surface area contributed by atoms with Gasteiger partial charge in [0.15, 0.2) is 0 Å². The van der Waals surface area contributed by atoms with E-state index in [0.717, 1.165) is 28.0 Å². The lowest BCUT2D eigenvalue weighted by molar-refractivity contribution is 0.0642. The van der Waals surface area contributed by atoms with Crippen molar-refractivity contribution in [1.29, 1.82) is 0 Å². The summed E-state index contributed by atoms with van der Waals surface area (Å²) in [5, 5.41) is 0. The quantitative estimate of drug-likeness (QED) is 0.557. The topological polar surface area (TPSA) is 46.6 Å². The van der Waals surface area contributed by atoms with Crippen LogP contribution in [0.2, 0.25) is 0 Å². The number of amides is 2. The predicted octanol–water partition coefficient (Wildman–Crippen LogP) is 5.09. The third-order valence-electron chi connectivity index (χ3n) is 4.98. The molecule has 0 radical (unpaired) electrons. The highest BCUT2D eigenvalue weighted by Crippen LogP contribution is 2.27. The predicted molar refractivity (Wildman–Crippen MR) is 113 cm³/mol. The van der Waals surface area contributed by atoms with Crippen LogP contribution in [0.15, 0.2) is 79.4 Å². The molecular formula is C25H21NO3. The molecule has 0 saturated carbocycles. The molecule has 0 atom stereocenters. The second kappa shape index (κ2) is 7.76. The molecule has 4 heteroatoms. The van der Waals surface area contributed by atoms with E-state index in [1.807, 2.05) is 67.6 Å². The number of nitrogens with zero attached hydrogens (tertiary/aromatic N) is 1. The Balaban J connectivity index is 1.44. The summed E-state index contributed by atoms with van der Waals surface area (Å²) in [7, 11) is 0.